The molecule has 0 bridgehead atoms. The molecule has 0 saturated carbocycles. The largest absolute Gasteiger partial charge is 0.463 e. The van der Waals surface area contributed by atoms with Crippen LogP contribution in [0.25, 0.3) is 0 Å². The van der Waals surface area contributed by atoms with Gasteiger partial charge in [-0.2, -0.15) is 0 Å². The number of hydrogen-bond acceptors (Lipinski definition) is 4. The van der Waals surface area contributed by atoms with E-state index in [1.54, 1.807) is 0 Å². The third-order valence-electron chi connectivity index (χ3n) is 3.09. The minimum Gasteiger partial charge on any atom is -0.463 e. The van der Waals surface area contributed by atoms with Crippen LogP contribution in [-0.4, -0.2) is 43.2 Å². The minimum absolute atomic E-state index is 0.0781. The number of piperazine rings is 1. The Balaban J connectivity index is 1.81. The zero-order valence-electron chi connectivity index (χ0n) is 9.48. The molecule has 1 unspecified atom stereocenters. The Morgan fingerprint density at radius 2 is 2.00 bits per heavy atom. The van der Waals surface area contributed by atoms with Gasteiger partial charge < -0.3 is 15.4 Å². The fourth-order valence-electron chi connectivity index (χ4n) is 2.20. The highest BCUT2D eigenvalue weighted by Gasteiger charge is 2.33. The average molecular weight is 233 g/mol. The second-order valence-corrected chi connectivity index (χ2v) is 4.24. The van der Waals surface area contributed by atoms with Crippen molar-refractivity contribution in [2.24, 2.45) is 0 Å². The Morgan fingerprint density at radius 3 is 2.82 bits per heavy atom. The van der Waals surface area contributed by atoms with Crippen LogP contribution in [-0.2, 0) is 4.79 Å². The van der Waals surface area contributed by atoms with Gasteiger partial charge in [0.15, 0.2) is 0 Å². The van der Waals surface area contributed by atoms with Crippen molar-refractivity contribution in [2.75, 3.05) is 31.5 Å². The number of carbonyl (C=O) groups excluding carboxylic acids is 1. The fraction of sp³-hybridized carbons (Fsp3) is 0.417. The summed E-state index contributed by atoms with van der Waals surface area (Å²) >= 11 is 0. The van der Waals surface area contributed by atoms with E-state index in [9.17, 15) is 4.79 Å². The second-order valence-electron chi connectivity index (χ2n) is 4.24. The van der Waals surface area contributed by atoms with Crippen LogP contribution in [0.4, 0.5) is 5.69 Å². The third kappa shape index (κ3) is 1.99. The van der Waals surface area contributed by atoms with Crippen LogP contribution >= 0.6 is 0 Å². The number of fused-ring (bicyclic) bond motifs is 1. The van der Waals surface area contributed by atoms with Crippen LogP contribution < -0.4 is 15.4 Å². The van der Waals surface area contributed by atoms with Crippen molar-refractivity contribution in [1.29, 1.82) is 0 Å². The topological polar surface area (TPSA) is 53.6 Å². The molecule has 1 atom stereocenters. The van der Waals surface area contributed by atoms with Crippen molar-refractivity contribution < 1.29 is 9.53 Å². The first-order valence-corrected chi connectivity index (χ1v) is 5.86. The molecule has 0 aromatic heterocycles. The van der Waals surface area contributed by atoms with Gasteiger partial charge >= 0.3 is 0 Å². The SMILES string of the molecule is O=C1Nc2ccccc2OC1N1CCNCC1. The molecule has 3 rings (SSSR count). The quantitative estimate of drug-likeness (QED) is 0.730. The van der Waals surface area contributed by atoms with Crippen LogP contribution in [0.3, 0.4) is 0 Å². The van der Waals surface area contributed by atoms with Gasteiger partial charge in [0.25, 0.3) is 5.91 Å². The van der Waals surface area contributed by atoms with Gasteiger partial charge in [-0.1, -0.05) is 12.1 Å². The minimum atomic E-state index is -0.494. The van der Waals surface area contributed by atoms with Crippen LogP contribution in [0, 0.1) is 0 Å². The number of amides is 1. The summed E-state index contributed by atoms with van der Waals surface area (Å²) in [5, 5.41) is 6.14. The van der Waals surface area contributed by atoms with E-state index < -0.39 is 6.23 Å². The van der Waals surface area contributed by atoms with Gasteiger partial charge in [-0.15, -0.1) is 0 Å². The van der Waals surface area contributed by atoms with Gasteiger partial charge in [-0.25, -0.2) is 0 Å². The van der Waals surface area contributed by atoms with Gasteiger partial charge in [-0.3, -0.25) is 9.69 Å². The standard InChI is InChI=1S/C12H15N3O2/c16-11-12(15-7-5-13-6-8-15)17-10-4-2-1-3-9(10)14-11/h1-4,12-13H,5-8H2,(H,14,16). The fourth-order valence-corrected chi connectivity index (χ4v) is 2.20. The lowest BCUT2D eigenvalue weighted by atomic mass is 10.2. The van der Waals surface area contributed by atoms with Gasteiger partial charge in [0.05, 0.1) is 5.69 Å². The number of rotatable bonds is 1. The molecule has 2 aliphatic heterocycles. The number of ether oxygens (including phenoxy) is 1. The lowest BCUT2D eigenvalue weighted by molar-refractivity contribution is -0.132. The van der Waals surface area contributed by atoms with E-state index in [0.29, 0.717) is 0 Å². The van der Waals surface area contributed by atoms with E-state index in [1.807, 2.05) is 24.3 Å². The van der Waals surface area contributed by atoms with Gasteiger partial charge in [-0.05, 0) is 12.1 Å². The molecule has 1 saturated heterocycles. The second kappa shape index (κ2) is 4.35. The molecule has 5 nitrogen and oxygen atoms in total. The summed E-state index contributed by atoms with van der Waals surface area (Å²) < 4.78 is 5.77. The summed E-state index contributed by atoms with van der Waals surface area (Å²) in [4.78, 5) is 14.0. The molecule has 1 aromatic rings. The summed E-state index contributed by atoms with van der Waals surface area (Å²) in [5.41, 5.74) is 0.754. The highest BCUT2D eigenvalue weighted by Crippen LogP contribution is 2.29. The van der Waals surface area contributed by atoms with E-state index in [1.165, 1.54) is 0 Å². The lowest BCUT2D eigenvalue weighted by Gasteiger charge is -2.36. The van der Waals surface area contributed by atoms with Crippen molar-refractivity contribution in [2.45, 2.75) is 6.23 Å². The Kier molecular flexibility index (Phi) is 2.70. The Labute approximate surface area is 99.7 Å². The molecule has 1 fully saturated rings. The van der Waals surface area contributed by atoms with Gasteiger partial charge in [0, 0.05) is 26.2 Å². The summed E-state index contributed by atoms with van der Waals surface area (Å²) in [7, 11) is 0. The van der Waals surface area contributed by atoms with E-state index in [4.69, 9.17) is 4.74 Å². The zero-order valence-corrected chi connectivity index (χ0v) is 9.48. The van der Waals surface area contributed by atoms with E-state index in [-0.39, 0.29) is 5.91 Å². The number of anilines is 1. The highest BCUT2D eigenvalue weighted by molar-refractivity contribution is 5.97. The number of hydrogen-bond donors (Lipinski definition) is 2. The smallest absolute Gasteiger partial charge is 0.281 e. The van der Waals surface area contributed by atoms with Crippen LogP contribution in [0.1, 0.15) is 0 Å². The monoisotopic (exact) mass is 233 g/mol. The van der Waals surface area contributed by atoms with Crippen molar-refractivity contribution in [3.63, 3.8) is 0 Å². The maximum Gasteiger partial charge on any atom is 0.281 e. The molecular weight excluding hydrogens is 218 g/mol. The molecule has 1 aromatic carbocycles. The first kappa shape index (κ1) is 10.6. The van der Waals surface area contributed by atoms with Crippen molar-refractivity contribution >= 4 is 11.6 Å². The van der Waals surface area contributed by atoms with E-state index >= 15 is 0 Å². The average Bonchev–Trinajstić information content (AvgIpc) is 2.39. The molecule has 90 valence electrons. The van der Waals surface area contributed by atoms with Crippen molar-refractivity contribution in [3.8, 4) is 5.75 Å². The number of para-hydroxylation sites is 2. The first-order chi connectivity index (χ1) is 8.34. The molecule has 1 amide bonds. The maximum absolute atomic E-state index is 12.0. The molecule has 0 radical (unpaired) electrons. The predicted octanol–water partition coefficient (Wildman–Crippen LogP) is 0.249. The molecule has 0 spiro atoms. The number of carbonyl (C=O) groups is 1. The number of nitrogens with one attached hydrogen (secondary N) is 2. The van der Waals surface area contributed by atoms with Crippen molar-refractivity contribution in [3.05, 3.63) is 24.3 Å². The van der Waals surface area contributed by atoms with E-state index in [2.05, 4.69) is 15.5 Å². The van der Waals surface area contributed by atoms with Gasteiger partial charge in [0.1, 0.15) is 5.75 Å². The summed E-state index contributed by atoms with van der Waals surface area (Å²) in [5.74, 6) is 0.668. The highest BCUT2D eigenvalue weighted by atomic mass is 16.5. The molecule has 2 aliphatic rings. The first-order valence-electron chi connectivity index (χ1n) is 5.86. The molecule has 5 heteroatoms. The molecular formula is C12H15N3O2. The normalized spacial score (nSPS) is 24.7. The Hall–Kier alpha value is -1.59. The maximum atomic E-state index is 12.0. The summed E-state index contributed by atoms with van der Waals surface area (Å²) in [6, 6.07) is 7.52. The number of benzene rings is 1. The summed E-state index contributed by atoms with van der Waals surface area (Å²) in [6.07, 6.45) is -0.494. The molecule has 2 heterocycles. The zero-order chi connectivity index (χ0) is 11.7. The molecule has 2 N–H and O–H groups in total. The predicted molar refractivity (Wildman–Crippen MR) is 63.9 cm³/mol. The lowest BCUT2D eigenvalue weighted by Crippen LogP contribution is -2.56. The van der Waals surface area contributed by atoms with Crippen LogP contribution in [0.15, 0.2) is 24.3 Å². The third-order valence-corrected chi connectivity index (χ3v) is 3.09. The molecule has 0 aliphatic carbocycles. The Morgan fingerprint density at radius 1 is 1.24 bits per heavy atom. The Bertz CT molecular complexity index is 430. The number of nitrogens with zero attached hydrogens (tertiary/aromatic N) is 1. The van der Waals surface area contributed by atoms with Crippen LogP contribution in [0.2, 0.25) is 0 Å². The van der Waals surface area contributed by atoms with Gasteiger partial charge in [0.2, 0.25) is 6.23 Å². The molecule has 17 heavy (non-hydrogen) atoms. The van der Waals surface area contributed by atoms with Crippen LogP contribution in [0.5, 0.6) is 5.75 Å². The van der Waals surface area contributed by atoms with E-state index in [0.717, 1.165) is 37.6 Å². The summed E-state index contributed by atoms with van der Waals surface area (Å²) in [6.45, 7) is 3.46. The van der Waals surface area contributed by atoms with Crippen molar-refractivity contribution in [1.82, 2.24) is 10.2 Å².